The Labute approximate surface area is 166 Å². The maximum Gasteiger partial charge on any atom is 0.255 e. The smallest absolute Gasteiger partial charge is 0.255 e. The molecule has 148 valence electrons. The molecule has 2 aromatic heterocycles. The first-order chi connectivity index (χ1) is 13.5. The van der Waals surface area contributed by atoms with Gasteiger partial charge in [-0.05, 0) is 87.3 Å². The molecule has 0 radical (unpaired) electrons. The minimum Gasteiger partial charge on any atom is -0.468 e. The Balaban J connectivity index is 1.72. The highest BCUT2D eigenvalue weighted by molar-refractivity contribution is 5.82. The van der Waals surface area contributed by atoms with Gasteiger partial charge in [0.15, 0.2) is 0 Å². The van der Waals surface area contributed by atoms with Gasteiger partial charge in [-0.1, -0.05) is 0 Å². The largest absolute Gasteiger partial charge is 0.468 e. The van der Waals surface area contributed by atoms with Crippen molar-refractivity contribution >= 4 is 10.9 Å². The summed E-state index contributed by atoms with van der Waals surface area (Å²) in [6.07, 6.45) is 5.18. The number of likely N-dealkylation sites (N-methyl/N-ethyl adjacent to an activating group) is 1. The number of fused-ring (bicyclic) bond motifs is 2. The van der Waals surface area contributed by atoms with Crippen LogP contribution in [0.1, 0.15) is 28.9 Å². The van der Waals surface area contributed by atoms with Crippen LogP contribution < -0.4 is 5.56 Å². The number of aryl methyl sites for hydroxylation is 2. The predicted molar refractivity (Wildman–Crippen MR) is 113 cm³/mol. The molecule has 28 heavy (non-hydrogen) atoms. The third-order valence-electron chi connectivity index (χ3n) is 5.60. The molecule has 5 heteroatoms. The van der Waals surface area contributed by atoms with E-state index in [0.717, 1.165) is 36.2 Å². The van der Waals surface area contributed by atoms with E-state index in [9.17, 15) is 4.79 Å². The molecule has 0 saturated carbocycles. The van der Waals surface area contributed by atoms with E-state index in [1.54, 1.807) is 6.26 Å². The van der Waals surface area contributed by atoms with Gasteiger partial charge in [0.2, 0.25) is 0 Å². The van der Waals surface area contributed by atoms with Gasteiger partial charge < -0.3 is 13.9 Å². The van der Waals surface area contributed by atoms with Crippen LogP contribution in [0.15, 0.2) is 45.8 Å². The Morgan fingerprint density at radius 3 is 2.57 bits per heavy atom. The van der Waals surface area contributed by atoms with E-state index in [1.807, 2.05) is 37.8 Å². The molecule has 0 N–H and O–H groups in total. The van der Waals surface area contributed by atoms with Crippen molar-refractivity contribution in [1.82, 2.24) is 14.4 Å². The Bertz CT molecular complexity index is 1020. The number of hydrogen-bond donors (Lipinski definition) is 0. The lowest BCUT2D eigenvalue weighted by Gasteiger charge is -2.19. The highest BCUT2D eigenvalue weighted by Gasteiger charge is 2.17. The number of aromatic nitrogens is 1. The lowest BCUT2D eigenvalue weighted by Crippen LogP contribution is -2.31. The summed E-state index contributed by atoms with van der Waals surface area (Å²) < 4.78 is 7.43. The van der Waals surface area contributed by atoms with Crippen molar-refractivity contribution < 1.29 is 4.42 Å². The van der Waals surface area contributed by atoms with Gasteiger partial charge in [-0.25, -0.2) is 0 Å². The highest BCUT2D eigenvalue weighted by Crippen LogP contribution is 2.27. The molecule has 0 bridgehead atoms. The number of pyridine rings is 1. The lowest BCUT2D eigenvalue weighted by molar-refractivity contribution is 0.286. The second-order valence-electron chi connectivity index (χ2n) is 8.21. The van der Waals surface area contributed by atoms with Crippen LogP contribution in [-0.2, 0) is 32.5 Å². The van der Waals surface area contributed by atoms with E-state index >= 15 is 0 Å². The SMILES string of the molecule is CN(C)CCn1c(=O)c(CN(C)Cc2ccco2)cc2cc3c(cc21)CCC3. The Kier molecular flexibility index (Phi) is 5.38. The summed E-state index contributed by atoms with van der Waals surface area (Å²) in [4.78, 5) is 17.6. The maximum atomic E-state index is 13.3. The minimum atomic E-state index is 0.124. The topological polar surface area (TPSA) is 41.6 Å². The van der Waals surface area contributed by atoms with Gasteiger partial charge in [-0.2, -0.15) is 0 Å². The summed E-state index contributed by atoms with van der Waals surface area (Å²) in [6, 6.07) is 10.5. The van der Waals surface area contributed by atoms with Crippen molar-refractivity contribution in [1.29, 1.82) is 0 Å². The van der Waals surface area contributed by atoms with Crippen LogP contribution in [0, 0.1) is 0 Å². The summed E-state index contributed by atoms with van der Waals surface area (Å²) in [7, 11) is 6.12. The first kappa shape index (κ1) is 19.0. The fraction of sp³-hybridized carbons (Fsp3) is 0.435. The fourth-order valence-electron chi connectivity index (χ4n) is 4.16. The second-order valence-corrected chi connectivity index (χ2v) is 8.21. The number of hydrogen-bond acceptors (Lipinski definition) is 4. The number of furan rings is 1. The van der Waals surface area contributed by atoms with Crippen molar-refractivity contribution in [3.05, 3.63) is 69.4 Å². The van der Waals surface area contributed by atoms with Gasteiger partial charge >= 0.3 is 0 Å². The zero-order valence-corrected chi connectivity index (χ0v) is 17.1. The number of benzene rings is 1. The lowest BCUT2D eigenvalue weighted by atomic mass is 10.0. The van der Waals surface area contributed by atoms with Gasteiger partial charge in [0.1, 0.15) is 5.76 Å². The van der Waals surface area contributed by atoms with Crippen LogP contribution in [0.5, 0.6) is 0 Å². The van der Waals surface area contributed by atoms with Gasteiger partial charge in [0.05, 0.1) is 18.3 Å². The molecule has 3 aromatic rings. The fourth-order valence-corrected chi connectivity index (χ4v) is 4.16. The zero-order valence-electron chi connectivity index (χ0n) is 17.1. The Morgan fingerprint density at radius 1 is 1.07 bits per heavy atom. The minimum absolute atomic E-state index is 0.124. The molecule has 0 fully saturated rings. The summed E-state index contributed by atoms with van der Waals surface area (Å²) in [5, 5.41) is 1.18. The quantitative estimate of drug-likeness (QED) is 0.632. The maximum absolute atomic E-state index is 13.3. The molecule has 2 heterocycles. The van der Waals surface area contributed by atoms with Crippen LogP contribution in [0.4, 0.5) is 0 Å². The predicted octanol–water partition coefficient (Wildman–Crippen LogP) is 3.28. The first-order valence-electron chi connectivity index (χ1n) is 10.0. The van der Waals surface area contributed by atoms with Crippen molar-refractivity contribution in [2.24, 2.45) is 0 Å². The molecule has 0 spiro atoms. The van der Waals surface area contributed by atoms with Crippen molar-refractivity contribution in [3.63, 3.8) is 0 Å². The van der Waals surface area contributed by atoms with Crippen LogP contribution in [0.25, 0.3) is 10.9 Å². The average Bonchev–Trinajstić information content (AvgIpc) is 3.31. The second kappa shape index (κ2) is 7.94. The molecule has 0 unspecified atom stereocenters. The molecular formula is C23H29N3O2. The Morgan fingerprint density at radius 2 is 1.86 bits per heavy atom. The zero-order chi connectivity index (χ0) is 19.7. The third kappa shape index (κ3) is 3.91. The van der Waals surface area contributed by atoms with Crippen molar-refractivity contribution in [3.8, 4) is 0 Å². The third-order valence-corrected chi connectivity index (χ3v) is 5.60. The van der Waals surface area contributed by atoms with E-state index in [0.29, 0.717) is 19.6 Å². The molecule has 1 aliphatic carbocycles. The average molecular weight is 380 g/mol. The van der Waals surface area contributed by atoms with Gasteiger partial charge in [0, 0.05) is 25.2 Å². The summed E-state index contributed by atoms with van der Waals surface area (Å²) in [5.41, 5.74) is 4.90. The Hall–Kier alpha value is -2.37. The molecule has 4 rings (SSSR count). The van der Waals surface area contributed by atoms with E-state index in [4.69, 9.17) is 4.42 Å². The summed E-state index contributed by atoms with van der Waals surface area (Å²) in [5.74, 6) is 0.911. The molecule has 0 saturated heterocycles. The van der Waals surface area contributed by atoms with Crippen LogP contribution in [-0.4, -0.2) is 42.1 Å². The van der Waals surface area contributed by atoms with Gasteiger partial charge in [-0.15, -0.1) is 0 Å². The molecule has 5 nitrogen and oxygen atoms in total. The van der Waals surface area contributed by atoms with Crippen LogP contribution >= 0.6 is 0 Å². The van der Waals surface area contributed by atoms with Crippen molar-refractivity contribution in [2.45, 2.75) is 38.9 Å². The molecular weight excluding hydrogens is 350 g/mol. The van der Waals surface area contributed by atoms with Crippen LogP contribution in [0.2, 0.25) is 0 Å². The van der Waals surface area contributed by atoms with E-state index in [1.165, 1.54) is 22.9 Å². The molecule has 1 aliphatic rings. The first-order valence-corrected chi connectivity index (χ1v) is 10.0. The van der Waals surface area contributed by atoms with E-state index in [2.05, 4.69) is 28.0 Å². The molecule has 1 aromatic carbocycles. The van der Waals surface area contributed by atoms with Crippen LogP contribution in [0.3, 0.4) is 0 Å². The summed E-state index contributed by atoms with van der Waals surface area (Å²) >= 11 is 0. The van der Waals surface area contributed by atoms with Crippen molar-refractivity contribution in [2.75, 3.05) is 27.7 Å². The number of nitrogens with zero attached hydrogens (tertiary/aromatic N) is 3. The van der Waals surface area contributed by atoms with E-state index in [-0.39, 0.29) is 5.56 Å². The molecule has 0 aliphatic heterocycles. The number of rotatable bonds is 7. The summed E-state index contributed by atoms with van der Waals surface area (Å²) in [6.45, 7) is 2.84. The highest BCUT2D eigenvalue weighted by atomic mass is 16.3. The van der Waals surface area contributed by atoms with E-state index < -0.39 is 0 Å². The monoisotopic (exact) mass is 379 g/mol. The molecule has 0 atom stereocenters. The van der Waals surface area contributed by atoms with Gasteiger partial charge in [-0.3, -0.25) is 9.69 Å². The standard InChI is InChI=1S/C23H29N3O2/c1-24(2)9-10-26-22-14-18-7-4-6-17(18)12-19(22)13-20(23(26)27)15-25(3)16-21-8-5-11-28-21/h5,8,11-14H,4,6-7,9-10,15-16H2,1-3H3. The van der Waals surface area contributed by atoms with Gasteiger partial charge in [0.25, 0.3) is 5.56 Å². The molecule has 0 amide bonds. The normalized spacial score (nSPS) is 13.8.